The second-order valence-electron chi connectivity index (χ2n) is 5.89. The number of azo groups is 1. The summed E-state index contributed by atoms with van der Waals surface area (Å²) in [5.74, 6) is -1.28. The Morgan fingerprint density at radius 1 is 1.07 bits per heavy atom. The highest BCUT2D eigenvalue weighted by atomic mass is 32.2. The van der Waals surface area contributed by atoms with E-state index in [9.17, 15) is 9.59 Å². The van der Waals surface area contributed by atoms with Crippen LogP contribution in [0.4, 0.5) is 17.1 Å². The quantitative estimate of drug-likeness (QED) is 0.544. The molecule has 0 spiro atoms. The number of amidine groups is 1. The van der Waals surface area contributed by atoms with Crippen LogP contribution in [0.5, 0.6) is 0 Å². The predicted molar refractivity (Wildman–Crippen MR) is 110 cm³/mol. The summed E-state index contributed by atoms with van der Waals surface area (Å²) >= 11 is 1.16. The number of carboxylic acid groups (broad SMARTS) is 1. The first-order valence-electron chi connectivity index (χ1n) is 8.53. The van der Waals surface area contributed by atoms with Crippen molar-refractivity contribution < 1.29 is 14.7 Å². The van der Waals surface area contributed by atoms with Crippen molar-refractivity contribution in [2.75, 3.05) is 6.54 Å². The fourth-order valence-electron chi connectivity index (χ4n) is 2.50. The molecule has 1 aliphatic rings. The summed E-state index contributed by atoms with van der Waals surface area (Å²) in [7, 11) is 0. The van der Waals surface area contributed by atoms with Crippen molar-refractivity contribution in [3.8, 4) is 0 Å². The van der Waals surface area contributed by atoms with E-state index in [1.165, 1.54) is 4.90 Å². The van der Waals surface area contributed by atoms with Crippen LogP contribution in [0.3, 0.4) is 0 Å². The minimum absolute atomic E-state index is 0.241. The molecule has 0 unspecified atom stereocenters. The summed E-state index contributed by atoms with van der Waals surface area (Å²) in [6.45, 7) is 3.93. The van der Waals surface area contributed by atoms with Crippen molar-refractivity contribution in [3.05, 3.63) is 67.3 Å². The summed E-state index contributed by atoms with van der Waals surface area (Å²) in [5, 5.41) is 17.1. The van der Waals surface area contributed by atoms with E-state index in [1.807, 2.05) is 30.3 Å². The standard InChI is InChI=1S/C20H18N4O3S/c1-2-12-24-19(27)17(13-18(25)26)28-20(24)21-14-8-10-16(11-9-14)23-22-15-6-4-3-5-7-15/h2-11,17H,1,12-13H2,(H,25,26)/t17-/m1/s1. The predicted octanol–water partition coefficient (Wildman–Crippen LogP) is 4.69. The number of carboxylic acids is 1. The summed E-state index contributed by atoms with van der Waals surface area (Å²) < 4.78 is 0. The second-order valence-corrected chi connectivity index (χ2v) is 7.06. The van der Waals surface area contributed by atoms with Gasteiger partial charge in [0, 0.05) is 6.54 Å². The number of aliphatic carboxylic acids is 1. The largest absolute Gasteiger partial charge is 0.481 e. The molecule has 28 heavy (non-hydrogen) atoms. The summed E-state index contributed by atoms with van der Waals surface area (Å²) in [6, 6.07) is 16.5. The van der Waals surface area contributed by atoms with Crippen molar-refractivity contribution in [2.45, 2.75) is 11.7 Å². The highest BCUT2D eigenvalue weighted by Crippen LogP contribution is 2.32. The number of benzene rings is 2. The number of nitrogens with zero attached hydrogens (tertiary/aromatic N) is 4. The van der Waals surface area contributed by atoms with Crippen LogP contribution in [0.15, 0.2) is 82.5 Å². The number of amides is 1. The first-order valence-corrected chi connectivity index (χ1v) is 9.41. The van der Waals surface area contributed by atoms with Crippen LogP contribution in [0, 0.1) is 0 Å². The minimum atomic E-state index is -1.02. The number of rotatable bonds is 7. The Hall–Kier alpha value is -3.26. The van der Waals surface area contributed by atoms with Gasteiger partial charge in [0.15, 0.2) is 5.17 Å². The van der Waals surface area contributed by atoms with E-state index in [0.29, 0.717) is 16.5 Å². The molecule has 7 nitrogen and oxygen atoms in total. The van der Waals surface area contributed by atoms with Gasteiger partial charge in [-0.25, -0.2) is 4.99 Å². The number of thioether (sulfide) groups is 1. The van der Waals surface area contributed by atoms with E-state index >= 15 is 0 Å². The molecular formula is C20H18N4O3S. The Kier molecular flexibility index (Phi) is 6.33. The minimum Gasteiger partial charge on any atom is -0.481 e. The topological polar surface area (TPSA) is 94.7 Å². The van der Waals surface area contributed by atoms with Gasteiger partial charge in [-0.15, -0.1) is 6.58 Å². The van der Waals surface area contributed by atoms with Gasteiger partial charge in [0.1, 0.15) is 5.25 Å². The Morgan fingerprint density at radius 2 is 1.68 bits per heavy atom. The molecule has 0 radical (unpaired) electrons. The van der Waals surface area contributed by atoms with E-state index in [4.69, 9.17) is 5.11 Å². The molecule has 1 heterocycles. The van der Waals surface area contributed by atoms with E-state index in [1.54, 1.807) is 30.3 Å². The highest BCUT2D eigenvalue weighted by Gasteiger charge is 2.38. The van der Waals surface area contributed by atoms with Crippen LogP contribution in [-0.4, -0.2) is 38.8 Å². The lowest BCUT2D eigenvalue weighted by atomic mass is 10.2. The fourth-order valence-corrected chi connectivity index (χ4v) is 3.65. The maximum Gasteiger partial charge on any atom is 0.305 e. The van der Waals surface area contributed by atoms with Gasteiger partial charge < -0.3 is 5.11 Å². The molecule has 3 rings (SSSR count). The number of carbonyl (C=O) groups is 2. The van der Waals surface area contributed by atoms with Gasteiger partial charge in [-0.3, -0.25) is 14.5 Å². The lowest BCUT2D eigenvalue weighted by Gasteiger charge is -2.13. The number of hydrogen-bond acceptors (Lipinski definition) is 6. The van der Waals surface area contributed by atoms with Crippen molar-refractivity contribution >= 4 is 45.9 Å². The molecule has 0 aromatic heterocycles. The molecule has 0 aliphatic carbocycles. The van der Waals surface area contributed by atoms with Crippen LogP contribution in [0.2, 0.25) is 0 Å². The zero-order chi connectivity index (χ0) is 19.9. The Bertz CT molecular complexity index is 926. The fraction of sp³-hybridized carbons (Fsp3) is 0.150. The second kappa shape index (κ2) is 9.09. The first kappa shape index (κ1) is 19.5. The van der Waals surface area contributed by atoms with Gasteiger partial charge in [0.05, 0.1) is 23.5 Å². The Balaban J connectivity index is 1.76. The van der Waals surface area contributed by atoms with Crippen molar-refractivity contribution in [1.82, 2.24) is 4.90 Å². The van der Waals surface area contributed by atoms with Gasteiger partial charge in [-0.05, 0) is 36.4 Å². The van der Waals surface area contributed by atoms with Crippen molar-refractivity contribution in [3.63, 3.8) is 0 Å². The lowest BCUT2D eigenvalue weighted by Crippen LogP contribution is -2.32. The molecule has 1 fully saturated rings. The zero-order valence-corrected chi connectivity index (χ0v) is 15.7. The normalized spacial score (nSPS) is 18.1. The van der Waals surface area contributed by atoms with E-state index in [0.717, 1.165) is 17.4 Å². The van der Waals surface area contributed by atoms with E-state index in [-0.39, 0.29) is 18.9 Å². The summed E-state index contributed by atoms with van der Waals surface area (Å²) in [6.07, 6.45) is 1.35. The number of aliphatic imine (C=N–C) groups is 1. The van der Waals surface area contributed by atoms with E-state index in [2.05, 4.69) is 21.8 Å². The third-order valence-electron chi connectivity index (χ3n) is 3.80. The molecule has 1 aliphatic heterocycles. The molecular weight excluding hydrogens is 376 g/mol. The molecule has 0 saturated carbocycles. The van der Waals surface area contributed by atoms with E-state index < -0.39 is 11.2 Å². The average Bonchev–Trinajstić information content (AvgIpc) is 2.97. The van der Waals surface area contributed by atoms with Gasteiger partial charge in [-0.2, -0.15) is 10.2 Å². The summed E-state index contributed by atoms with van der Waals surface area (Å²) in [4.78, 5) is 29.3. The molecule has 8 heteroatoms. The van der Waals surface area contributed by atoms with Gasteiger partial charge in [-0.1, -0.05) is 36.0 Å². The lowest BCUT2D eigenvalue weighted by molar-refractivity contribution is -0.139. The molecule has 1 amide bonds. The van der Waals surface area contributed by atoms with Crippen molar-refractivity contribution in [1.29, 1.82) is 0 Å². The van der Waals surface area contributed by atoms with Gasteiger partial charge in [0.25, 0.3) is 0 Å². The molecule has 1 atom stereocenters. The van der Waals surface area contributed by atoms with Crippen molar-refractivity contribution in [2.24, 2.45) is 15.2 Å². The Labute approximate surface area is 166 Å². The monoisotopic (exact) mass is 394 g/mol. The maximum atomic E-state index is 12.4. The average molecular weight is 394 g/mol. The van der Waals surface area contributed by atoms with Crippen LogP contribution in [0.1, 0.15) is 6.42 Å². The third kappa shape index (κ3) is 4.92. The van der Waals surface area contributed by atoms with Crippen LogP contribution in [-0.2, 0) is 9.59 Å². The summed E-state index contributed by atoms with van der Waals surface area (Å²) in [5.41, 5.74) is 2.07. The zero-order valence-electron chi connectivity index (χ0n) is 14.9. The Morgan fingerprint density at radius 3 is 2.29 bits per heavy atom. The van der Waals surface area contributed by atoms with Gasteiger partial charge in [0.2, 0.25) is 5.91 Å². The SMILES string of the molecule is C=CCN1C(=O)[C@@H](CC(=O)O)SC1=Nc1ccc(N=Nc2ccccc2)cc1. The van der Waals surface area contributed by atoms with Crippen LogP contribution in [0.25, 0.3) is 0 Å². The maximum absolute atomic E-state index is 12.4. The van der Waals surface area contributed by atoms with Crippen LogP contribution < -0.4 is 0 Å². The van der Waals surface area contributed by atoms with Gasteiger partial charge >= 0.3 is 5.97 Å². The highest BCUT2D eigenvalue weighted by molar-refractivity contribution is 8.15. The molecule has 2 aromatic rings. The molecule has 2 aromatic carbocycles. The molecule has 1 N–H and O–H groups in total. The molecule has 142 valence electrons. The number of hydrogen-bond donors (Lipinski definition) is 1. The molecule has 0 bridgehead atoms. The third-order valence-corrected chi connectivity index (χ3v) is 4.98. The number of carbonyl (C=O) groups excluding carboxylic acids is 1. The molecule has 1 saturated heterocycles. The first-order chi connectivity index (χ1) is 13.6. The van der Waals surface area contributed by atoms with Crippen LogP contribution >= 0.6 is 11.8 Å². The smallest absolute Gasteiger partial charge is 0.305 e.